The molecule has 0 fully saturated rings. The second-order valence-electron chi connectivity index (χ2n) is 6.47. The topological polar surface area (TPSA) is 16.1 Å². The van der Waals surface area contributed by atoms with Gasteiger partial charge in [-0.3, -0.25) is 4.98 Å². The Morgan fingerprint density at radius 2 is 1.60 bits per heavy atom. The number of rotatable bonds is 3. The van der Waals surface area contributed by atoms with Gasteiger partial charge in [-0.15, -0.1) is 0 Å². The van der Waals surface area contributed by atoms with Gasteiger partial charge in [-0.2, -0.15) is 0 Å². The highest BCUT2D eigenvalue weighted by atomic mass is 15.2. The number of benzene rings is 1. The van der Waals surface area contributed by atoms with Gasteiger partial charge in [0.05, 0.1) is 11.9 Å². The van der Waals surface area contributed by atoms with Crippen LogP contribution in [0.15, 0.2) is 48.8 Å². The first-order valence-corrected chi connectivity index (χ1v) is 7.19. The molecule has 2 nitrogen and oxygen atoms in total. The lowest BCUT2D eigenvalue weighted by molar-refractivity contribution is 0.590. The first-order valence-electron chi connectivity index (χ1n) is 7.19. The van der Waals surface area contributed by atoms with Gasteiger partial charge in [0.15, 0.2) is 0 Å². The normalized spacial score (nSPS) is 11.7. The predicted octanol–water partition coefficient (Wildman–Crippen LogP) is 4.93. The molecule has 0 bridgehead atoms. The van der Waals surface area contributed by atoms with Crippen molar-refractivity contribution in [2.45, 2.75) is 46.1 Å². The molecule has 0 aliphatic rings. The van der Waals surface area contributed by atoms with Crippen LogP contribution in [0, 0.1) is 0 Å². The van der Waals surface area contributed by atoms with Crippen LogP contribution in [0.4, 0.5) is 11.4 Å². The molecular formula is C18H24N2. The zero-order valence-corrected chi connectivity index (χ0v) is 13.1. The first-order chi connectivity index (χ1) is 9.39. The molecule has 0 saturated heterocycles. The highest BCUT2D eigenvalue weighted by molar-refractivity contribution is 5.63. The smallest absolute Gasteiger partial charge is 0.0599 e. The van der Waals surface area contributed by atoms with E-state index in [0.717, 1.165) is 5.69 Å². The van der Waals surface area contributed by atoms with E-state index in [4.69, 9.17) is 0 Å². The summed E-state index contributed by atoms with van der Waals surface area (Å²) in [5, 5.41) is 0. The van der Waals surface area contributed by atoms with E-state index in [2.05, 4.69) is 74.8 Å². The predicted molar refractivity (Wildman–Crippen MR) is 86.7 cm³/mol. The molecule has 1 aromatic carbocycles. The number of aromatic nitrogens is 1. The first kappa shape index (κ1) is 14.6. The van der Waals surface area contributed by atoms with Crippen molar-refractivity contribution >= 4 is 11.4 Å². The van der Waals surface area contributed by atoms with Crippen molar-refractivity contribution in [3.8, 4) is 0 Å². The summed E-state index contributed by atoms with van der Waals surface area (Å²) in [7, 11) is 0. The van der Waals surface area contributed by atoms with Gasteiger partial charge in [-0.25, -0.2) is 0 Å². The van der Waals surface area contributed by atoms with E-state index < -0.39 is 0 Å². The molecule has 2 aromatic rings. The fraction of sp³-hybridized carbons (Fsp3) is 0.389. The second kappa shape index (κ2) is 5.66. The molecule has 1 heterocycles. The maximum absolute atomic E-state index is 4.23. The molecule has 2 rings (SSSR count). The summed E-state index contributed by atoms with van der Waals surface area (Å²) in [5.41, 5.74) is 3.89. The lowest BCUT2D eigenvalue weighted by Crippen LogP contribution is -2.25. The Balaban J connectivity index is 2.37. The van der Waals surface area contributed by atoms with Crippen molar-refractivity contribution in [3.05, 3.63) is 54.4 Å². The SMILES string of the molecule is CC(C)N(c1ccc(C(C)(C)C)cc1)c1cccnc1. The van der Waals surface area contributed by atoms with Crippen LogP contribution in [0.2, 0.25) is 0 Å². The van der Waals surface area contributed by atoms with Crippen LogP contribution in [-0.4, -0.2) is 11.0 Å². The van der Waals surface area contributed by atoms with Crippen LogP contribution in [0.1, 0.15) is 40.2 Å². The van der Waals surface area contributed by atoms with Crippen molar-refractivity contribution in [3.63, 3.8) is 0 Å². The van der Waals surface area contributed by atoms with Crippen LogP contribution in [-0.2, 0) is 5.41 Å². The summed E-state index contributed by atoms with van der Waals surface area (Å²) in [4.78, 5) is 6.53. The molecule has 0 radical (unpaired) electrons. The summed E-state index contributed by atoms with van der Waals surface area (Å²) < 4.78 is 0. The lowest BCUT2D eigenvalue weighted by atomic mass is 9.87. The van der Waals surface area contributed by atoms with Crippen LogP contribution in [0.5, 0.6) is 0 Å². The van der Waals surface area contributed by atoms with E-state index >= 15 is 0 Å². The van der Waals surface area contributed by atoms with Gasteiger partial charge in [0.1, 0.15) is 0 Å². The minimum Gasteiger partial charge on any atom is -0.338 e. The molecule has 2 heteroatoms. The Kier molecular flexibility index (Phi) is 4.12. The van der Waals surface area contributed by atoms with Crippen LogP contribution >= 0.6 is 0 Å². The number of hydrogen-bond acceptors (Lipinski definition) is 2. The van der Waals surface area contributed by atoms with E-state index in [1.807, 2.05) is 18.5 Å². The van der Waals surface area contributed by atoms with E-state index in [9.17, 15) is 0 Å². The number of nitrogens with zero attached hydrogens (tertiary/aromatic N) is 2. The van der Waals surface area contributed by atoms with Crippen molar-refractivity contribution in [1.82, 2.24) is 4.98 Å². The summed E-state index contributed by atoms with van der Waals surface area (Å²) in [6.45, 7) is 11.1. The third kappa shape index (κ3) is 3.19. The molecule has 0 aliphatic heterocycles. The standard InChI is InChI=1S/C18H24N2/c1-14(2)20(17-7-6-12-19-13-17)16-10-8-15(9-11-16)18(3,4)5/h6-14H,1-5H3. The molecule has 0 aliphatic carbocycles. The van der Waals surface area contributed by atoms with Gasteiger partial charge in [0.2, 0.25) is 0 Å². The van der Waals surface area contributed by atoms with E-state index in [1.54, 1.807) is 0 Å². The highest BCUT2D eigenvalue weighted by Gasteiger charge is 2.16. The Hall–Kier alpha value is -1.83. The van der Waals surface area contributed by atoms with Crippen molar-refractivity contribution < 1.29 is 0 Å². The number of pyridine rings is 1. The Morgan fingerprint density at radius 3 is 2.05 bits per heavy atom. The van der Waals surface area contributed by atoms with Crippen LogP contribution < -0.4 is 4.90 Å². The van der Waals surface area contributed by atoms with Gasteiger partial charge in [-0.1, -0.05) is 32.9 Å². The highest BCUT2D eigenvalue weighted by Crippen LogP contribution is 2.30. The van der Waals surface area contributed by atoms with E-state index in [1.165, 1.54) is 11.3 Å². The zero-order chi connectivity index (χ0) is 14.8. The summed E-state index contributed by atoms with van der Waals surface area (Å²) in [5.74, 6) is 0. The average molecular weight is 268 g/mol. The fourth-order valence-electron chi connectivity index (χ4n) is 2.36. The van der Waals surface area contributed by atoms with E-state index in [0.29, 0.717) is 6.04 Å². The molecule has 0 saturated carbocycles. The number of hydrogen-bond donors (Lipinski definition) is 0. The maximum atomic E-state index is 4.23. The molecular weight excluding hydrogens is 244 g/mol. The van der Waals surface area contributed by atoms with Crippen molar-refractivity contribution in [2.75, 3.05) is 4.90 Å². The third-order valence-corrected chi connectivity index (χ3v) is 3.45. The molecule has 20 heavy (non-hydrogen) atoms. The van der Waals surface area contributed by atoms with Gasteiger partial charge in [-0.05, 0) is 49.1 Å². The summed E-state index contributed by atoms with van der Waals surface area (Å²) in [6, 6.07) is 13.3. The maximum Gasteiger partial charge on any atom is 0.0599 e. The molecule has 0 amide bonds. The van der Waals surface area contributed by atoms with Gasteiger partial charge < -0.3 is 4.90 Å². The minimum absolute atomic E-state index is 0.190. The third-order valence-electron chi connectivity index (χ3n) is 3.45. The molecule has 0 N–H and O–H groups in total. The molecule has 1 aromatic heterocycles. The molecule has 0 spiro atoms. The Morgan fingerprint density at radius 1 is 0.950 bits per heavy atom. The van der Waals surface area contributed by atoms with Crippen molar-refractivity contribution in [1.29, 1.82) is 0 Å². The second-order valence-corrected chi connectivity index (χ2v) is 6.47. The minimum atomic E-state index is 0.190. The van der Waals surface area contributed by atoms with Gasteiger partial charge in [0, 0.05) is 17.9 Å². The lowest BCUT2D eigenvalue weighted by Gasteiger charge is -2.29. The fourth-order valence-corrected chi connectivity index (χ4v) is 2.36. The molecule has 106 valence electrons. The van der Waals surface area contributed by atoms with Gasteiger partial charge in [0.25, 0.3) is 0 Å². The summed E-state index contributed by atoms with van der Waals surface area (Å²) >= 11 is 0. The number of anilines is 2. The Bertz CT molecular complexity index is 536. The van der Waals surface area contributed by atoms with Gasteiger partial charge >= 0.3 is 0 Å². The average Bonchev–Trinajstić information content (AvgIpc) is 2.39. The summed E-state index contributed by atoms with van der Waals surface area (Å²) in [6.07, 6.45) is 3.72. The van der Waals surface area contributed by atoms with Crippen LogP contribution in [0.25, 0.3) is 0 Å². The van der Waals surface area contributed by atoms with E-state index in [-0.39, 0.29) is 5.41 Å². The monoisotopic (exact) mass is 268 g/mol. The molecule has 0 unspecified atom stereocenters. The molecule has 0 atom stereocenters. The zero-order valence-electron chi connectivity index (χ0n) is 13.1. The Labute approximate surface area is 122 Å². The van der Waals surface area contributed by atoms with Crippen molar-refractivity contribution in [2.24, 2.45) is 0 Å². The van der Waals surface area contributed by atoms with Crippen LogP contribution in [0.3, 0.4) is 0 Å². The largest absolute Gasteiger partial charge is 0.338 e. The quantitative estimate of drug-likeness (QED) is 0.785.